The first kappa shape index (κ1) is 24.5. The number of nitrogens with zero attached hydrogens (tertiary/aromatic N) is 3. The number of benzene rings is 2. The van der Waals surface area contributed by atoms with Crippen molar-refractivity contribution in [3.8, 4) is 11.3 Å². The maximum Gasteiger partial charge on any atom is 0.261 e. The van der Waals surface area contributed by atoms with E-state index in [0.29, 0.717) is 26.6 Å². The average Bonchev–Trinajstić information content (AvgIpc) is 3.52. The van der Waals surface area contributed by atoms with Crippen LogP contribution in [-0.4, -0.2) is 45.0 Å². The molecular weight excluding hydrogens is 527 g/mol. The molecule has 1 unspecified atom stereocenters. The lowest BCUT2D eigenvalue weighted by Crippen LogP contribution is -2.46. The predicted molar refractivity (Wildman–Crippen MR) is 142 cm³/mol. The molecule has 1 N–H and O–H groups in total. The van der Waals surface area contributed by atoms with E-state index in [1.807, 2.05) is 10.7 Å². The van der Waals surface area contributed by atoms with Crippen LogP contribution in [-0.2, 0) is 19.4 Å². The lowest BCUT2D eigenvalue weighted by molar-refractivity contribution is 0.0629. The molecule has 1 atom stereocenters. The number of imide groups is 1. The quantitative estimate of drug-likeness (QED) is 0.344. The van der Waals surface area contributed by atoms with Gasteiger partial charge in [-0.1, -0.05) is 41.9 Å². The molecule has 2 aromatic carbocycles. The van der Waals surface area contributed by atoms with Crippen LogP contribution in [0.1, 0.15) is 47.2 Å². The Labute approximate surface area is 226 Å². The molecule has 2 aliphatic rings. The fraction of sp³-hybridized carbons (Fsp3) is 0.214. The van der Waals surface area contributed by atoms with E-state index >= 15 is 0 Å². The molecule has 0 saturated carbocycles. The van der Waals surface area contributed by atoms with Crippen LogP contribution in [0.4, 0.5) is 4.39 Å². The summed E-state index contributed by atoms with van der Waals surface area (Å²) in [5.74, 6) is -1.63. The first-order valence-electron chi connectivity index (χ1n) is 12.2. The zero-order chi connectivity index (χ0) is 26.4. The highest BCUT2D eigenvalue weighted by Crippen LogP contribution is 2.38. The van der Waals surface area contributed by atoms with Crippen LogP contribution in [0.15, 0.2) is 60.8 Å². The Hall–Kier alpha value is -3.82. The second-order valence-electron chi connectivity index (χ2n) is 9.35. The molecule has 3 amide bonds. The highest BCUT2D eigenvalue weighted by atomic mass is 35.5. The third kappa shape index (κ3) is 4.31. The fourth-order valence-corrected chi connectivity index (χ4v) is 6.44. The number of thiophene rings is 1. The van der Waals surface area contributed by atoms with E-state index in [4.69, 9.17) is 11.6 Å². The lowest BCUT2D eigenvalue weighted by atomic mass is 10.0. The van der Waals surface area contributed by atoms with Crippen LogP contribution in [0.3, 0.4) is 0 Å². The smallest absolute Gasteiger partial charge is 0.261 e. The lowest BCUT2D eigenvalue weighted by Gasteiger charge is -2.24. The Bertz CT molecular complexity index is 1560. The molecule has 10 heteroatoms. The molecule has 4 heterocycles. The molecule has 6 rings (SSSR count). The summed E-state index contributed by atoms with van der Waals surface area (Å²) in [6.45, 7) is 0.659. The summed E-state index contributed by atoms with van der Waals surface area (Å²) in [6, 6.07) is 14.0. The molecule has 0 saturated heterocycles. The Morgan fingerprint density at radius 2 is 1.79 bits per heavy atom. The Morgan fingerprint density at radius 1 is 1.08 bits per heavy atom. The summed E-state index contributed by atoms with van der Waals surface area (Å²) in [5.41, 5.74) is 2.70. The molecule has 0 bridgehead atoms. The van der Waals surface area contributed by atoms with Gasteiger partial charge in [0.15, 0.2) is 0 Å². The molecule has 2 aromatic heterocycles. The average molecular weight is 549 g/mol. The zero-order valence-electron chi connectivity index (χ0n) is 20.1. The summed E-state index contributed by atoms with van der Waals surface area (Å²) >= 11 is 7.80. The summed E-state index contributed by atoms with van der Waals surface area (Å²) < 4.78 is 16.4. The van der Waals surface area contributed by atoms with Gasteiger partial charge in [0.05, 0.1) is 39.0 Å². The largest absolute Gasteiger partial charge is 0.346 e. The van der Waals surface area contributed by atoms with Crippen molar-refractivity contribution in [1.82, 2.24) is 20.0 Å². The van der Waals surface area contributed by atoms with Crippen LogP contribution < -0.4 is 5.32 Å². The van der Waals surface area contributed by atoms with E-state index in [2.05, 4.69) is 10.4 Å². The fourth-order valence-electron chi connectivity index (χ4n) is 5.09. The first-order valence-corrected chi connectivity index (χ1v) is 13.4. The van der Waals surface area contributed by atoms with Crippen molar-refractivity contribution in [2.75, 3.05) is 6.54 Å². The van der Waals surface area contributed by atoms with Crippen LogP contribution in [0.5, 0.6) is 0 Å². The number of hydrogen-bond acceptors (Lipinski definition) is 5. The number of amides is 3. The predicted octanol–water partition coefficient (Wildman–Crippen LogP) is 4.99. The number of halogens is 2. The molecule has 2 aliphatic heterocycles. The standard InChI is InChI=1S/C28H22ClFN4O3S/c29-21-14-31-34-11-5-10-23-20(25(21)34)13-24(38-23)26(35)32-17(12-16-6-1-4-9-22(16)30)15-33-27(36)18-7-2-3-8-19(18)28(33)37/h1-4,6-9,13-14,17H,5,10-12,15H2,(H,32,35). The number of nitrogens with one attached hydrogen (secondary N) is 1. The number of aromatic nitrogens is 2. The van der Waals surface area contributed by atoms with E-state index in [9.17, 15) is 18.8 Å². The molecular formula is C28H22ClFN4O3S. The minimum absolute atomic E-state index is 0.0872. The Balaban J connectivity index is 1.29. The van der Waals surface area contributed by atoms with Crippen LogP contribution in [0.25, 0.3) is 11.3 Å². The summed E-state index contributed by atoms with van der Waals surface area (Å²) in [5, 5.41) is 7.84. The maximum atomic E-state index is 14.6. The maximum absolute atomic E-state index is 14.6. The van der Waals surface area contributed by atoms with E-state index in [1.165, 1.54) is 17.4 Å². The first-order chi connectivity index (χ1) is 18.4. The van der Waals surface area contributed by atoms with Gasteiger partial charge in [-0.3, -0.25) is 24.0 Å². The molecule has 0 fully saturated rings. The van der Waals surface area contributed by atoms with Crippen molar-refractivity contribution in [3.05, 3.63) is 98.1 Å². The Morgan fingerprint density at radius 3 is 2.53 bits per heavy atom. The molecule has 0 aliphatic carbocycles. The highest BCUT2D eigenvalue weighted by Gasteiger charge is 2.37. The van der Waals surface area contributed by atoms with Crippen LogP contribution in [0, 0.1) is 5.82 Å². The van der Waals surface area contributed by atoms with Gasteiger partial charge in [0.25, 0.3) is 17.7 Å². The van der Waals surface area contributed by atoms with Crippen molar-refractivity contribution in [2.45, 2.75) is 31.8 Å². The van der Waals surface area contributed by atoms with Gasteiger partial charge in [-0.05, 0) is 49.1 Å². The van der Waals surface area contributed by atoms with E-state index in [-0.39, 0.29) is 18.9 Å². The number of rotatable bonds is 6. The van der Waals surface area contributed by atoms with Crippen molar-refractivity contribution in [2.24, 2.45) is 0 Å². The number of aryl methyl sites for hydroxylation is 2. The topological polar surface area (TPSA) is 84.3 Å². The normalized spacial score (nSPS) is 15.1. The number of carbonyl (C=O) groups excluding carboxylic acids is 3. The van der Waals surface area contributed by atoms with Gasteiger partial charge in [-0.25, -0.2) is 4.39 Å². The van der Waals surface area contributed by atoms with Gasteiger partial charge in [-0.15, -0.1) is 11.3 Å². The molecule has 7 nitrogen and oxygen atoms in total. The third-order valence-electron chi connectivity index (χ3n) is 6.90. The molecule has 192 valence electrons. The molecule has 4 aromatic rings. The van der Waals surface area contributed by atoms with E-state index < -0.39 is 23.7 Å². The zero-order valence-corrected chi connectivity index (χ0v) is 21.7. The molecule has 0 radical (unpaired) electrons. The minimum Gasteiger partial charge on any atom is -0.346 e. The summed E-state index contributed by atoms with van der Waals surface area (Å²) in [4.78, 5) is 42.1. The van der Waals surface area contributed by atoms with Gasteiger partial charge >= 0.3 is 0 Å². The summed E-state index contributed by atoms with van der Waals surface area (Å²) in [7, 11) is 0. The van der Waals surface area contributed by atoms with E-state index in [0.717, 1.165) is 40.4 Å². The number of fused-ring (bicyclic) bond motifs is 4. The van der Waals surface area contributed by atoms with Gasteiger partial charge < -0.3 is 5.32 Å². The van der Waals surface area contributed by atoms with E-state index in [1.54, 1.807) is 48.7 Å². The van der Waals surface area contributed by atoms with Crippen LogP contribution >= 0.6 is 22.9 Å². The van der Waals surface area contributed by atoms with Gasteiger partial charge in [-0.2, -0.15) is 5.10 Å². The highest BCUT2D eigenvalue weighted by molar-refractivity contribution is 7.14. The minimum atomic E-state index is -0.711. The molecule has 0 spiro atoms. The van der Waals surface area contributed by atoms with Crippen LogP contribution in [0.2, 0.25) is 5.02 Å². The SMILES string of the molecule is O=C(NC(Cc1ccccc1F)CN1C(=O)c2ccccc2C1=O)c1cc2c(s1)CCCn1ncc(Cl)c1-2. The van der Waals surface area contributed by atoms with Crippen molar-refractivity contribution in [1.29, 1.82) is 0 Å². The second-order valence-corrected chi connectivity index (χ2v) is 10.9. The van der Waals surface area contributed by atoms with Gasteiger partial charge in [0.1, 0.15) is 5.82 Å². The third-order valence-corrected chi connectivity index (χ3v) is 8.37. The van der Waals surface area contributed by atoms with Crippen molar-refractivity contribution < 1.29 is 18.8 Å². The van der Waals surface area contributed by atoms with Gasteiger partial charge in [0, 0.05) is 23.5 Å². The number of hydrogen-bond donors (Lipinski definition) is 1. The molecule has 38 heavy (non-hydrogen) atoms. The monoisotopic (exact) mass is 548 g/mol. The van der Waals surface area contributed by atoms with Crippen molar-refractivity contribution >= 4 is 40.7 Å². The summed E-state index contributed by atoms with van der Waals surface area (Å²) in [6.07, 6.45) is 3.38. The van der Waals surface area contributed by atoms with Crippen molar-refractivity contribution in [3.63, 3.8) is 0 Å². The van der Waals surface area contributed by atoms with Gasteiger partial charge in [0.2, 0.25) is 0 Å². The Kier molecular flexibility index (Phi) is 6.33. The number of carbonyl (C=O) groups is 3. The second kappa shape index (κ2) is 9.81.